The molecule has 1 aromatic rings. The first-order valence-electron chi connectivity index (χ1n) is 3.86. The fourth-order valence-corrected chi connectivity index (χ4v) is 1.35. The summed E-state index contributed by atoms with van der Waals surface area (Å²) in [6.45, 7) is 0. The Bertz CT molecular complexity index is 467. The summed E-state index contributed by atoms with van der Waals surface area (Å²) in [5.74, 6) is -1.10. The van der Waals surface area contributed by atoms with E-state index in [9.17, 15) is 9.00 Å². The normalized spacial score (nSPS) is 11.7. The van der Waals surface area contributed by atoms with Crippen molar-refractivity contribution >= 4 is 16.8 Å². The van der Waals surface area contributed by atoms with Crippen LogP contribution in [0.5, 0.6) is 0 Å². The van der Waals surface area contributed by atoms with E-state index < -0.39 is 16.8 Å². The Hall–Kier alpha value is -1.81. The van der Waals surface area contributed by atoms with E-state index in [2.05, 4.69) is 9.97 Å². The number of carboxylic acid groups (broad SMARTS) is 1. The maximum absolute atomic E-state index is 11.0. The highest BCUT2D eigenvalue weighted by Gasteiger charge is 2.11. The van der Waals surface area contributed by atoms with Crippen LogP contribution in [0.1, 0.15) is 11.3 Å². The van der Waals surface area contributed by atoms with E-state index in [4.69, 9.17) is 10.4 Å². The van der Waals surface area contributed by atoms with Gasteiger partial charge in [0.25, 0.3) is 0 Å². The van der Waals surface area contributed by atoms with Crippen LogP contribution in [0.4, 0.5) is 0 Å². The maximum Gasteiger partial charge on any atom is 0.309 e. The van der Waals surface area contributed by atoms with Gasteiger partial charge in [0, 0.05) is 12.5 Å². The number of nitrogens with zero attached hydrogens (tertiary/aromatic N) is 3. The Labute approximate surface area is 88.1 Å². The van der Waals surface area contributed by atoms with Crippen molar-refractivity contribution in [3.63, 3.8) is 0 Å². The summed E-state index contributed by atoms with van der Waals surface area (Å²) in [4.78, 5) is 17.9. The van der Waals surface area contributed by atoms with Gasteiger partial charge in [0.05, 0.1) is 28.5 Å². The van der Waals surface area contributed by atoms with Crippen molar-refractivity contribution in [3.8, 4) is 6.07 Å². The second-order valence-corrected chi connectivity index (χ2v) is 3.92. The zero-order valence-electron chi connectivity index (χ0n) is 7.80. The number of carboxylic acids is 1. The van der Waals surface area contributed by atoms with Gasteiger partial charge in [0.15, 0.2) is 0 Å². The lowest BCUT2D eigenvalue weighted by atomic mass is 10.2. The molecule has 0 aliphatic heterocycles. The second kappa shape index (κ2) is 4.61. The van der Waals surface area contributed by atoms with Crippen LogP contribution in [0, 0.1) is 11.3 Å². The molecule has 0 aromatic carbocycles. The van der Waals surface area contributed by atoms with Crippen molar-refractivity contribution in [2.45, 2.75) is 11.6 Å². The third-order valence-electron chi connectivity index (χ3n) is 1.54. The molecule has 1 aromatic heterocycles. The number of aromatic nitrogens is 2. The zero-order chi connectivity index (χ0) is 11.4. The van der Waals surface area contributed by atoms with E-state index in [1.54, 1.807) is 6.07 Å². The second-order valence-electron chi connectivity index (χ2n) is 2.65. The molecule has 7 heteroatoms. The molecular weight excluding hydrogens is 218 g/mol. The predicted octanol–water partition coefficient (Wildman–Crippen LogP) is -0.287. The van der Waals surface area contributed by atoms with Crippen molar-refractivity contribution < 1.29 is 14.1 Å². The van der Waals surface area contributed by atoms with E-state index in [1.807, 2.05) is 0 Å². The lowest BCUT2D eigenvalue weighted by Gasteiger charge is -2.01. The van der Waals surface area contributed by atoms with Crippen LogP contribution in [0.15, 0.2) is 11.4 Å². The third-order valence-corrected chi connectivity index (χ3v) is 2.25. The van der Waals surface area contributed by atoms with E-state index in [1.165, 1.54) is 12.5 Å². The highest BCUT2D eigenvalue weighted by Crippen LogP contribution is 2.06. The molecule has 1 atom stereocenters. The first kappa shape index (κ1) is 11.3. The topological polar surface area (TPSA) is 104 Å². The first-order chi connectivity index (χ1) is 7.04. The van der Waals surface area contributed by atoms with Gasteiger partial charge in [-0.05, 0) is 0 Å². The molecule has 6 nitrogen and oxygen atoms in total. The van der Waals surface area contributed by atoms with Gasteiger partial charge >= 0.3 is 5.97 Å². The summed E-state index contributed by atoms with van der Waals surface area (Å²) in [5, 5.41) is 17.3. The SMILES string of the molecule is CS(=O)c1ncc(C#N)c(CC(=O)O)n1. The molecule has 0 saturated carbocycles. The molecular formula is C8H7N3O3S. The molecule has 0 bridgehead atoms. The van der Waals surface area contributed by atoms with Gasteiger partial charge in [0.1, 0.15) is 6.07 Å². The summed E-state index contributed by atoms with van der Waals surface area (Å²) >= 11 is 0. The zero-order valence-corrected chi connectivity index (χ0v) is 8.61. The Morgan fingerprint density at radius 2 is 2.40 bits per heavy atom. The number of hydrogen-bond acceptors (Lipinski definition) is 5. The van der Waals surface area contributed by atoms with Gasteiger partial charge < -0.3 is 5.11 Å². The molecule has 15 heavy (non-hydrogen) atoms. The fraction of sp³-hybridized carbons (Fsp3) is 0.250. The highest BCUT2D eigenvalue weighted by molar-refractivity contribution is 7.84. The lowest BCUT2D eigenvalue weighted by Crippen LogP contribution is -2.08. The summed E-state index contributed by atoms with van der Waals surface area (Å²) < 4.78 is 11.0. The van der Waals surface area contributed by atoms with Crippen LogP contribution in [0.25, 0.3) is 0 Å². The van der Waals surface area contributed by atoms with Crippen molar-refractivity contribution in [2.75, 3.05) is 6.26 Å². The Morgan fingerprint density at radius 3 is 2.87 bits per heavy atom. The smallest absolute Gasteiger partial charge is 0.309 e. The summed E-state index contributed by atoms with van der Waals surface area (Å²) in [6.07, 6.45) is 2.18. The van der Waals surface area contributed by atoms with Crippen LogP contribution in [-0.4, -0.2) is 31.5 Å². The average Bonchev–Trinajstić information content (AvgIpc) is 2.16. The average molecular weight is 225 g/mol. The molecule has 0 fully saturated rings. The number of rotatable bonds is 3. The number of hydrogen-bond donors (Lipinski definition) is 1. The van der Waals surface area contributed by atoms with Gasteiger partial charge in [-0.3, -0.25) is 9.00 Å². The van der Waals surface area contributed by atoms with Crippen LogP contribution in [0.2, 0.25) is 0 Å². The fourth-order valence-electron chi connectivity index (χ4n) is 0.909. The van der Waals surface area contributed by atoms with Gasteiger partial charge in [-0.1, -0.05) is 0 Å². The van der Waals surface area contributed by atoms with E-state index in [0.29, 0.717) is 0 Å². The molecule has 0 aliphatic carbocycles. The van der Waals surface area contributed by atoms with Crippen molar-refractivity contribution in [3.05, 3.63) is 17.5 Å². The van der Waals surface area contributed by atoms with Gasteiger partial charge in [-0.2, -0.15) is 5.26 Å². The molecule has 0 amide bonds. The van der Waals surface area contributed by atoms with E-state index >= 15 is 0 Å². The van der Waals surface area contributed by atoms with Crippen LogP contribution < -0.4 is 0 Å². The van der Waals surface area contributed by atoms with E-state index in [-0.39, 0.29) is 22.8 Å². The molecule has 0 spiro atoms. The van der Waals surface area contributed by atoms with Crippen LogP contribution >= 0.6 is 0 Å². The molecule has 78 valence electrons. The molecule has 1 N–H and O–H groups in total. The lowest BCUT2D eigenvalue weighted by molar-refractivity contribution is -0.136. The van der Waals surface area contributed by atoms with Gasteiger partial charge in [0.2, 0.25) is 5.16 Å². The monoisotopic (exact) mass is 225 g/mol. The van der Waals surface area contributed by atoms with Crippen molar-refractivity contribution in [1.82, 2.24) is 9.97 Å². The Balaban J connectivity index is 3.20. The molecule has 0 aliphatic rings. The predicted molar refractivity (Wildman–Crippen MR) is 50.4 cm³/mol. The first-order valence-corrected chi connectivity index (χ1v) is 5.41. The molecule has 1 rings (SSSR count). The maximum atomic E-state index is 11.0. The summed E-state index contributed by atoms with van der Waals surface area (Å²) in [7, 11) is -1.39. The minimum absolute atomic E-state index is 0.0326. The molecule has 0 radical (unpaired) electrons. The summed E-state index contributed by atoms with van der Waals surface area (Å²) in [5.41, 5.74) is 0.178. The largest absolute Gasteiger partial charge is 0.481 e. The van der Waals surface area contributed by atoms with Crippen molar-refractivity contribution in [2.24, 2.45) is 0 Å². The van der Waals surface area contributed by atoms with E-state index in [0.717, 1.165) is 0 Å². The number of aliphatic carboxylic acids is 1. The summed E-state index contributed by atoms with van der Waals surface area (Å²) in [6, 6.07) is 1.78. The standard InChI is InChI=1S/C8H7N3O3S/c1-15(14)8-10-4-5(3-9)6(11-8)2-7(12)13/h4H,2H2,1H3,(H,12,13). The minimum atomic E-state index is -1.39. The molecule has 1 heterocycles. The Kier molecular flexibility index (Phi) is 3.46. The van der Waals surface area contributed by atoms with Crippen LogP contribution in [-0.2, 0) is 22.0 Å². The molecule has 1 unspecified atom stereocenters. The molecule has 0 saturated heterocycles. The highest BCUT2D eigenvalue weighted by atomic mass is 32.2. The number of carbonyl (C=O) groups is 1. The number of nitriles is 1. The quantitative estimate of drug-likeness (QED) is 0.709. The Morgan fingerprint density at radius 1 is 1.73 bits per heavy atom. The minimum Gasteiger partial charge on any atom is -0.481 e. The third kappa shape index (κ3) is 2.82. The van der Waals surface area contributed by atoms with Crippen molar-refractivity contribution in [1.29, 1.82) is 5.26 Å². The van der Waals surface area contributed by atoms with Crippen LogP contribution in [0.3, 0.4) is 0 Å². The van der Waals surface area contributed by atoms with Gasteiger partial charge in [-0.25, -0.2) is 9.97 Å². The van der Waals surface area contributed by atoms with Gasteiger partial charge in [-0.15, -0.1) is 0 Å².